The lowest BCUT2D eigenvalue weighted by molar-refractivity contribution is 0.474. The summed E-state index contributed by atoms with van der Waals surface area (Å²) in [5.41, 5.74) is 1.24. The first-order chi connectivity index (χ1) is 9.15. The minimum Gasteiger partial charge on any atom is -0.508 e. The van der Waals surface area contributed by atoms with Crippen LogP contribution in [0.2, 0.25) is 0 Å². The van der Waals surface area contributed by atoms with E-state index in [0.717, 1.165) is 20.1 Å². The van der Waals surface area contributed by atoms with Crippen molar-refractivity contribution in [1.82, 2.24) is 9.97 Å². The van der Waals surface area contributed by atoms with Crippen LogP contribution in [0, 0.1) is 13.8 Å². The number of aromatic hydroxyl groups is 1. The van der Waals surface area contributed by atoms with E-state index in [1.165, 1.54) is 10.4 Å². The molecule has 0 radical (unpaired) electrons. The summed E-state index contributed by atoms with van der Waals surface area (Å²) in [5.74, 6) is 0.272. The van der Waals surface area contributed by atoms with Gasteiger partial charge in [0.25, 0.3) is 0 Å². The molecule has 3 nitrogen and oxygen atoms in total. The summed E-state index contributed by atoms with van der Waals surface area (Å²) in [6, 6.07) is 7.21. The monoisotopic (exact) mass is 288 g/mol. The molecule has 1 N–H and O–H groups in total. The summed E-state index contributed by atoms with van der Waals surface area (Å²) < 4.78 is 0. The van der Waals surface area contributed by atoms with Gasteiger partial charge in [-0.3, -0.25) is 0 Å². The van der Waals surface area contributed by atoms with E-state index in [1.54, 1.807) is 41.6 Å². The minimum absolute atomic E-state index is 0.272. The number of rotatable bonds is 2. The highest BCUT2D eigenvalue weighted by Gasteiger charge is 2.12. The lowest BCUT2D eigenvalue weighted by Gasteiger charge is -2.03. The number of aryl methyl sites for hydroxylation is 2. The molecule has 0 aliphatic heterocycles. The largest absolute Gasteiger partial charge is 0.508 e. The Hall–Kier alpha value is -1.59. The van der Waals surface area contributed by atoms with Gasteiger partial charge in [-0.15, -0.1) is 11.3 Å². The second-order valence-electron chi connectivity index (χ2n) is 4.24. The summed E-state index contributed by atoms with van der Waals surface area (Å²) in [5, 5.41) is 11.6. The number of phenols is 1. The SMILES string of the molecule is Cc1sc2ncnc(Sc3cccc(O)c3)c2c1C. The summed E-state index contributed by atoms with van der Waals surface area (Å²) >= 11 is 3.25. The van der Waals surface area contributed by atoms with Crippen LogP contribution < -0.4 is 0 Å². The molecule has 3 aromatic rings. The summed E-state index contributed by atoms with van der Waals surface area (Å²) in [6.45, 7) is 4.20. The highest BCUT2D eigenvalue weighted by molar-refractivity contribution is 7.99. The first kappa shape index (κ1) is 12.4. The molecule has 2 heterocycles. The molecule has 0 fully saturated rings. The number of benzene rings is 1. The van der Waals surface area contributed by atoms with Gasteiger partial charge in [-0.25, -0.2) is 9.97 Å². The molecule has 1 aromatic carbocycles. The average Bonchev–Trinajstić information content (AvgIpc) is 2.66. The van der Waals surface area contributed by atoms with E-state index in [9.17, 15) is 5.11 Å². The molecule has 0 unspecified atom stereocenters. The quantitative estimate of drug-likeness (QED) is 0.719. The number of nitrogens with zero attached hydrogens (tertiary/aromatic N) is 2. The fourth-order valence-corrected chi connectivity index (χ4v) is 3.95. The third-order valence-electron chi connectivity index (χ3n) is 2.96. The standard InChI is InChI=1S/C14H12N2OS2/c1-8-9(2)18-13-12(8)14(16-7-15-13)19-11-5-3-4-10(17)6-11/h3-7,17H,1-2H3. The van der Waals surface area contributed by atoms with Gasteiger partial charge in [0.05, 0.1) is 0 Å². The van der Waals surface area contributed by atoms with Crippen LogP contribution in [0.15, 0.2) is 40.5 Å². The second-order valence-corrected chi connectivity index (χ2v) is 6.51. The van der Waals surface area contributed by atoms with E-state index in [2.05, 4.69) is 23.8 Å². The van der Waals surface area contributed by atoms with Crippen LogP contribution in [0.25, 0.3) is 10.2 Å². The fourth-order valence-electron chi connectivity index (χ4n) is 1.89. The van der Waals surface area contributed by atoms with Crippen LogP contribution in [0.3, 0.4) is 0 Å². The topological polar surface area (TPSA) is 46.0 Å². The molecule has 0 atom stereocenters. The van der Waals surface area contributed by atoms with Crippen molar-refractivity contribution in [2.24, 2.45) is 0 Å². The molecule has 0 amide bonds. The van der Waals surface area contributed by atoms with Crippen LogP contribution in [0.1, 0.15) is 10.4 Å². The number of fused-ring (bicyclic) bond motifs is 1. The first-order valence-electron chi connectivity index (χ1n) is 5.83. The van der Waals surface area contributed by atoms with Gasteiger partial charge in [-0.1, -0.05) is 17.8 Å². The van der Waals surface area contributed by atoms with Crippen molar-refractivity contribution in [2.45, 2.75) is 23.8 Å². The van der Waals surface area contributed by atoms with E-state index in [4.69, 9.17) is 0 Å². The van der Waals surface area contributed by atoms with Gasteiger partial charge in [-0.05, 0) is 37.6 Å². The van der Waals surface area contributed by atoms with E-state index in [1.807, 2.05) is 12.1 Å². The smallest absolute Gasteiger partial charge is 0.128 e. The molecule has 0 spiro atoms. The Morgan fingerprint density at radius 2 is 2.05 bits per heavy atom. The maximum atomic E-state index is 9.52. The minimum atomic E-state index is 0.272. The summed E-state index contributed by atoms with van der Waals surface area (Å²) in [7, 11) is 0. The molecule has 3 rings (SSSR count). The Kier molecular flexibility index (Phi) is 3.16. The van der Waals surface area contributed by atoms with Gasteiger partial charge in [0.2, 0.25) is 0 Å². The lowest BCUT2D eigenvalue weighted by atomic mass is 10.2. The molecule has 0 saturated heterocycles. The van der Waals surface area contributed by atoms with Crippen molar-refractivity contribution in [3.8, 4) is 5.75 Å². The van der Waals surface area contributed by atoms with Gasteiger partial charge in [0, 0.05) is 15.2 Å². The number of thiophene rings is 1. The molecule has 0 bridgehead atoms. The third-order valence-corrected chi connectivity index (χ3v) is 5.07. The summed E-state index contributed by atoms with van der Waals surface area (Å²) in [4.78, 5) is 12.0. The Balaban J connectivity index is 2.10. The zero-order valence-corrected chi connectivity index (χ0v) is 12.2. The fraction of sp³-hybridized carbons (Fsp3) is 0.143. The molecular formula is C14H12N2OS2. The van der Waals surface area contributed by atoms with E-state index in [0.29, 0.717) is 0 Å². The van der Waals surface area contributed by atoms with Crippen LogP contribution in [0.4, 0.5) is 0 Å². The summed E-state index contributed by atoms with van der Waals surface area (Å²) in [6.07, 6.45) is 1.60. The van der Waals surface area contributed by atoms with Crippen LogP contribution in [-0.2, 0) is 0 Å². The molecule has 2 aromatic heterocycles. The van der Waals surface area contributed by atoms with Crippen LogP contribution >= 0.6 is 23.1 Å². The van der Waals surface area contributed by atoms with Gasteiger partial charge < -0.3 is 5.11 Å². The van der Waals surface area contributed by atoms with Gasteiger partial charge in [0.1, 0.15) is 21.9 Å². The molecule has 0 saturated carbocycles. The average molecular weight is 288 g/mol. The number of phenolic OH excluding ortho intramolecular Hbond substituents is 1. The van der Waals surface area contributed by atoms with Gasteiger partial charge in [0.15, 0.2) is 0 Å². The van der Waals surface area contributed by atoms with Crippen molar-refractivity contribution in [1.29, 1.82) is 0 Å². The maximum absolute atomic E-state index is 9.52. The third kappa shape index (κ3) is 2.31. The van der Waals surface area contributed by atoms with Gasteiger partial charge >= 0.3 is 0 Å². The highest BCUT2D eigenvalue weighted by atomic mass is 32.2. The van der Waals surface area contributed by atoms with E-state index in [-0.39, 0.29) is 5.75 Å². The Morgan fingerprint density at radius 3 is 2.84 bits per heavy atom. The Labute approximate surface area is 119 Å². The Bertz CT molecular complexity index is 752. The van der Waals surface area contributed by atoms with E-state index >= 15 is 0 Å². The molecule has 5 heteroatoms. The number of hydrogen-bond acceptors (Lipinski definition) is 5. The lowest BCUT2D eigenvalue weighted by Crippen LogP contribution is -1.85. The van der Waals surface area contributed by atoms with Gasteiger partial charge in [-0.2, -0.15) is 0 Å². The zero-order valence-electron chi connectivity index (χ0n) is 10.5. The van der Waals surface area contributed by atoms with Crippen molar-refractivity contribution >= 4 is 33.3 Å². The molecule has 0 aliphatic carbocycles. The zero-order chi connectivity index (χ0) is 13.4. The molecular weight excluding hydrogens is 276 g/mol. The van der Waals surface area contributed by atoms with Crippen molar-refractivity contribution in [2.75, 3.05) is 0 Å². The molecule has 19 heavy (non-hydrogen) atoms. The predicted molar refractivity (Wildman–Crippen MR) is 79.1 cm³/mol. The van der Waals surface area contributed by atoms with Crippen molar-refractivity contribution < 1.29 is 5.11 Å². The van der Waals surface area contributed by atoms with Crippen LogP contribution in [0.5, 0.6) is 5.75 Å². The van der Waals surface area contributed by atoms with Crippen molar-refractivity contribution in [3.63, 3.8) is 0 Å². The second kappa shape index (κ2) is 4.83. The predicted octanol–water partition coefficient (Wildman–Crippen LogP) is 4.16. The number of aromatic nitrogens is 2. The number of hydrogen-bond donors (Lipinski definition) is 1. The highest BCUT2D eigenvalue weighted by Crippen LogP contribution is 2.37. The first-order valence-corrected chi connectivity index (χ1v) is 7.46. The Morgan fingerprint density at radius 1 is 1.21 bits per heavy atom. The normalized spacial score (nSPS) is 11.1. The van der Waals surface area contributed by atoms with Crippen LogP contribution in [-0.4, -0.2) is 15.1 Å². The van der Waals surface area contributed by atoms with E-state index < -0.39 is 0 Å². The van der Waals surface area contributed by atoms with Crippen molar-refractivity contribution in [3.05, 3.63) is 41.0 Å². The molecule has 96 valence electrons. The maximum Gasteiger partial charge on any atom is 0.128 e. The molecule has 0 aliphatic rings.